The minimum atomic E-state index is -2.92. The van der Waals surface area contributed by atoms with Crippen molar-refractivity contribution in [1.82, 2.24) is 5.32 Å². The number of hydrogen-bond acceptors (Lipinski definition) is 4. The van der Waals surface area contributed by atoms with E-state index in [9.17, 15) is 13.6 Å². The molecule has 0 bridgehead atoms. The van der Waals surface area contributed by atoms with Crippen LogP contribution in [-0.4, -0.2) is 19.3 Å². The monoisotopic (exact) mass is 347 g/mol. The van der Waals surface area contributed by atoms with E-state index in [1.54, 1.807) is 30.3 Å². The number of carbonyl (C=O) groups excluding carboxylic acids is 1. The number of halogens is 2. The summed E-state index contributed by atoms with van der Waals surface area (Å²) in [4.78, 5) is 11.9. The van der Waals surface area contributed by atoms with Crippen LogP contribution in [0, 0.1) is 0 Å². The molecule has 0 unspecified atom stereocenters. The molecular formula is C18H15F2NO4. The van der Waals surface area contributed by atoms with E-state index in [0.717, 1.165) is 5.56 Å². The van der Waals surface area contributed by atoms with Gasteiger partial charge in [-0.15, -0.1) is 0 Å². The van der Waals surface area contributed by atoms with Crippen molar-refractivity contribution in [2.24, 2.45) is 0 Å². The summed E-state index contributed by atoms with van der Waals surface area (Å²) in [5.74, 6) is 0.966. The molecule has 2 aromatic rings. The maximum absolute atomic E-state index is 12.4. The van der Waals surface area contributed by atoms with Crippen LogP contribution in [0.15, 0.2) is 48.5 Å². The minimum Gasteiger partial charge on any atom is -0.454 e. The Balaban J connectivity index is 1.58. The number of nitrogens with one attached hydrogen (secondary N) is 1. The average molecular weight is 347 g/mol. The lowest BCUT2D eigenvalue weighted by atomic mass is 10.2. The van der Waals surface area contributed by atoms with E-state index in [1.165, 1.54) is 18.2 Å². The normalized spacial score (nSPS) is 12.6. The van der Waals surface area contributed by atoms with Gasteiger partial charge >= 0.3 is 6.61 Å². The van der Waals surface area contributed by atoms with Gasteiger partial charge in [-0.2, -0.15) is 8.78 Å². The van der Waals surface area contributed by atoms with Gasteiger partial charge in [0.2, 0.25) is 12.7 Å². The highest BCUT2D eigenvalue weighted by Crippen LogP contribution is 2.32. The zero-order chi connectivity index (χ0) is 17.6. The molecule has 1 amide bonds. The fourth-order valence-electron chi connectivity index (χ4n) is 2.29. The van der Waals surface area contributed by atoms with Crippen molar-refractivity contribution in [3.8, 4) is 17.2 Å². The van der Waals surface area contributed by atoms with Gasteiger partial charge in [0.25, 0.3) is 0 Å². The zero-order valence-corrected chi connectivity index (χ0v) is 13.1. The molecular weight excluding hydrogens is 332 g/mol. The molecule has 3 rings (SSSR count). The molecule has 5 nitrogen and oxygen atoms in total. The van der Waals surface area contributed by atoms with Crippen molar-refractivity contribution in [2.75, 3.05) is 6.79 Å². The van der Waals surface area contributed by atoms with Gasteiger partial charge in [-0.1, -0.05) is 24.3 Å². The lowest BCUT2D eigenvalue weighted by Gasteiger charge is -2.07. The molecule has 1 heterocycles. The summed E-state index contributed by atoms with van der Waals surface area (Å²) >= 11 is 0. The Morgan fingerprint density at radius 2 is 2.00 bits per heavy atom. The number of para-hydroxylation sites is 1. The van der Waals surface area contributed by atoms with Gasteiger partial charge in [-0.05, 0) is 29.8 Å². The Labute approximate surface area is 142 Å². The first-order chi connectivity index (χ1) is 12.1. The van der Waals surface area contributed by atoms with Crippen molar-refractivity contribution in [3.63, 3.8) is 0 Å². The van der Waals surface area contributed by atoms with E-state index in [2.05, 4.69) is 10.1 Å². The molecule has 0 aromatic heterocycles. The molecule has 25 heavy (non-hydrogen) atoms. The predicted octanol–water partition coefficient (Wildman–Crippen LogP) is 3.35. The third-order valence-corrected chi connectivity index (χ3v) is 3.45. The van der Waals surface area contributed by atoms with Gasteiger partial charge in [0.05, 0.1) is 0 Å². The van der Waals surface area contributed by atoms with Crippen molar-refractivity contribution in [3.05, 3.63) is 59.7 Å². The Bertz CT molecular complexity index is 792. The molecule has 0 radical (unpaired) electrons. The third-order valence-electron chi connectivity index (χ3n) is 3.45. The maximum Gasteiger partial charge on any atom is 0.387 e. The summed E-state index contributed by atoms with van der Waals surface area (Å²) in [6.45, 7) is -2.43. The zero-order valence-electron chi connectivity index (χ0n) is 13.1. The second-order valence-corrected chi connectivity index (χ2v) is 5.16. The van der Waals surface area contributed by atoms with Gasteiger partial charge in [0.1, 0.15) is 5.75 Å². The Kier molecular flexibility index (Phi) is 5.13. The molecule has 1 N–H and O–H groups in total. The van der Waals surface area contributed by atoms with Crippen molar-refractivity contribution in [1.29, 1.82) is 0 Å². The summed E-state index contributed by atoms with van der Waals surface area (Å²) < 4.78 is 39.6. The first-order valence-electron chi connectivity index (χ1n) is 7.50. The van der Waals surface area contributed by atoms with Crippen molar-refractivity contribution in [2.45, 2.75) is 13.2 Å². The SMILES string of the molecule is O=C(C=Cc1ccccc1OC(F)F)NCc1ccc2c(c1)OCO2. The fourth-order valence-corrected chi connectivity index (χ4v) is 2.29. The highest BCUT2D eigenvalue weighted by molar-refractivity contribution is 5.92. The number of carbonyl (C=O) groups is 1. The minimum absolute atomic E-state index is 0.0114. The first kappa shape index (κ1) is 16.8. The largest absolute Gasteiger partial charge is 0.454 e. The lowest BCUT2D eigenvalue weighted by molar-refractivity contribution is -0.116. The Morgan fingerprint density at radius 1 is 1.20 bits per heavy atom. The summed E-state index contributed by atoms with van der Waals surface area (Å²) in [7, 11) is 0. The van der Waals surface area contributed by atoms with Crippen LogP contribution in [0.4, 0.5) is 8.78 Å². The smallest absolute Gasteiger partial charge is 0.387 e. The summed E-state index contributed by atoms with van der Waals surface area (Å²) in [5, 5.41) is 2.71. The quantitative estimate of drug-likeness (QED) is 0.815. The predicted molar refractivity (Wildman–Crippen MR) is 86.5 cm³/mol. The first-order valence-corrected chi connectivity index (χ1v) is 7.50. The molecule has 2 aromatic carbocycles. The number of rotatable bonds is 6. The Morgan fingerprint density at radius 3 is 2.84 bits per heavy atom. The molecule has 0 atom stereocenters. The van der Waals surface area contributed by atoms with Crippen LogP contribution in [-0.2, 0) is 11.3 Å². The molecule has 0 fully saturated rings. The van der Waals surface area contributed by atoms with E-state index in [4.69, 9.17) is 9.47 Å². The summed E-state index contributed by atoms with van der Waals surface area (Å²) in [5.41, 5.74) is 1.24. The van der Waals surface area contributed by atoms with Crippen molar-refractivity contribution < 1.29 is 27.8 Å². The van der Waals surface area contributed by atoms with Gasteiger partial charge in [0.15, 0.2) is 11.5 Å². The van der Waals surface area contributed by atoms with Crippen LogP contribution in [0.25, 0.3) is 6.08 Å². The van der Waals surface area contributed by atoms with E-state index in [1.807, 2.05) is 6.07 Å². The van der Waals surface area contributed by atoms with E-state index < -0.39 is 6.61 Å². The van der Waals surface area contributed by atoms with Gasteiger partial charge in [-0.25, -0.2) is 0 Å². The Hall–Kier alpha value is -3.09. The van der Waals surface area contributed by atoms with Crippen LogP contribution in [0.1, 0.15) is 11.1 Å². The van der Waals surface area contributed by atoms with Crippen LogP contribution in [0.5, 0.6) is 17.2 Å². The highest BCUT2D eigenvalue weighted by Gasteiger charge is 2.13. The number of amides is 1. The molecule has 0 spiro atoms. The van der Waals surface area contributed by atoms with Gasteiger partial charge in [-0.3, -0.25) is 4.79 Å². The molecule has 130 valence electrons. The van der Waals surface area contributed by atoms with Gasteiger partial charge in [0, 0.05) is 18.2 Å². The molecule has 0 aliphatic carbocycles. The van der Waals surface area contributed by atoms with Crippen molar-refractivity contribution >= 4 is 12.0 Å². The number of ether oxygens (including phenoxy) is 3. The average Bonchev–Trinajstić information content (AvgIpc) is 3.06. The molecule has 0 saturated carbocycles. The van der Waals surface area contributed by atoms with Crippen LogP contribution in [0.3, 0.4) is 0 Å². The topological polar surface area (TPSA) is 56.8 Å². The van der Waals surface area contributed by atoms with E-state index in [-0.39, 0.29) is 18.4 Å². The number of fused-ring (bicyclic) bond motifs is 1. The number of benzene rings is 2. The lowest BCUT2D eigenvalue weighted by Crippen LogP contribution is -2.20. The number of alkyl halides is 2. The molecule has 0 saturated heterocycles. The summed E-state index contributed by atoms with van der Waals surface area (Å²) in [6.07, 6.45) is 2.69. The number of hydrogen-bond donors (Lipinski definition) is 1. The standard InChI is InChI=1S/C18H15F2NO4/c19-18(20)25-14-4-2-1-3-13(14)6-8-17(22)21-10-12-5-7-15-16(9-12)24-11-23-15/h1-9,18H,10-11H2,(H,21,22). The van der Waals surface area contributed by atoms with Crippen LogP contribution < -0.4 is 19.5 Å². The van der Waals surface area contributed by atoms with E-state index in [0.29, 0.717) is 23.6 Å². The van der Waals surface area contributed by atoms with Crippen LogP contribution >= 0.6 is 0 Å². The van der Waals surface area contributed by atoms with Crippen LogP contribution in [0.2, 0.25) is 0 Å². The van der Waals surface area contributed by atoms with E-state index >= 15 is 0 Å². The second kappa shape index (κ2) is 7.65. The summed E-state index contributed by atoms with van der Waals surface area (Å²) in [6, 6.07) is 11.6. The molecule has 7 heteroatoms. The third kappa shape index (κ3) is 4.47. The maximum atomic E-state index is 12.4. The van der Waals surface area contributed by atoms with Gasteiger partial charge < -0.3 is 19.5 Å². The highest BCUT2D eigenvalue weighted by atomic mass is 19.3. The molecule has 1 aliphatic rings. The second-order valence-electron chi connectivity index (χ2n) is 5.16. The fraction of sp³-hybridized carbons (Fsp3) is 0.167. The molecule has 1 aliphatic heterocycles.